The predicted molar refractivity (Wildman–Crippen MR) is 69.9 cm³/mol. The molecule has 0 bridgehead atoms. The third-order valence-corrected chi connectivity index (χ3v) is 2.79. The number of aldehydes is 1. The number of rotatable bonds is 4. The van der Waals surface area contributed by atoms with Gasteiger partial charge >= 0.3 is 0 Å². The highest BCUT2D eigenvalue weighted by molar-refractivity contribution is 5.81. The summed E-state index contributed by atoms with van der Waals surface area (Å²) in [6, 6.07) is 9.85. The molecule has 3 heteroatoms. The Morgan fingerprint density at radius 1 is 1.22 bits per heavy atom. The number of hydrogen-bond acceptors (Lipinski definition) is 3. The Labute approximate surface area is 106 Å². The lowest BCUT2D eigenvalue weighted by Crippen LogP contribution is -2.03. The maximum Gasteiger partial charge on any atom is 0.154 e. The average Bonchev–Trinajstić information content (AvgIpc) is 2.41. The molecule has 0 unspecified atom stereocenters. The number of aryl methyl sites for hydroxylation is 2. The summed E-state index contributed by atoms with van der Waals surface area (Å²) in [5.74, 6) is 0.578. The van der Waals surface area contributed by atoms with Gasteiger partial charge in [0.05, 0.1) is 11.3 Å². The molecule has 0 N–H and O–H groups in total. The van der Waals surface area contributed by atoms with Crippen molar-refractivity contribution in [2.24, 2.45) is 0 Å². The third-order valence-electron chi connectivity index (χ3n) is 2.79. The summed E-state index contributed by atoms with van der Waals surface area (Å²) in [5.41, 5.74) is 3.21. The first kappa shape index (κ1) is 12.3. The van der Waals surface area contributed by atoms with Gasteiger partial charge in [0, 0.05) is 6.20 Å². The van der Waals surface area contributed by atoms with Crippen molar-refractivity contribution < 1.29 is 9.53 Å². The molecule has 0 amide bonds. The molecule has 0 aliphatic heterocycles. The van der Waals surface area contributed by atoms with Crippen molar-refractivity contribution in [3.05, 3.63) is 58.9 Å². The van der Waals surface area contributed by atoms with Crippen molar-refractivity contribution >= 4 is 6.29 Å². The van der Waals surface area contributed by atoms with Crippen molar-refractivity contribution in [3.63, 3.8) is 0 Å². The molecule has 0 spiro atoms. The van der Waals surface area contributed by atoms with E-state index in [1.165, 1.54) is 0 Å². The van der Waals surface area contributed by atoms with Crippen LogP contribution in [0.15, 0.2) is 36.5 Å². The van der Waals surface area contributed by atoms with Crippen LogP contribution in [-0.4, -0.2) is 11.3 Å². The highest BCUT2D eigenvalue weighted by Gasteiger charge is 2.10. The van der Waals surface area contributed by atoms with Crippen LogP contribution in [0, 0.1) is 13.8 Å². The summed E-state index contributed by atoms with van der Waals surface area (Å²) in [6.07, 6.45) is 2.51. The highest BCUT2D eigenvalue weighted by Crippen LogP contribution is 2.24. The molecule has 0 aliphatic rings. The second-order valence-corrected chi connectivity index (χ2v) is 4.16. The normalized spacial score (nSPS) is 10.1. The SMILES string of the molecule is Cc1cnc(C)c(OCc2ccccc2)c1C=O. The summed E-state index contributed by atoms with van der Waals surface area (Å²) in [6.45, 7) is 4.13. The first-order valence-corrected chi connectivity index (χ1v) is 5.80. The number of hydrogen-bond donors (Lipinski definition) is 0. The van der Waals surface area contributed by atoms with Gasteiger partial charge in [-0.15, -0.1) is 0 Å². The van der Waals surface area contributed by atoms with Crippen LogP contribution in [0.25, 0.3) is 0 Å². The van der Waals surface area contributed by atoms with E-state index in [2.05, 4.69) is 4.98 Å². The van der Waals surface area contributed by atoms with Gasteiger partial charge in [0.2, 0.25) is 0 Å². The minimum absolute atomic E-state index is 0.438. The lowest BCUT2D eigenvalue weighted by molar-refractivity contribution is 0.111. The van der Waals surface area contributed by atoms with Crippen molar-refractivity contribution in [2.45, 2.75) is 20.5 Å². The molecule has 1 heterocycles. The van der Waals surface area contributed by atoms with Gasteiger partial charge in [-0.3, -0.25) is 9.78 Å². The smallest absolute Gasteiger partial charge is 0.154 e. The third kappa shape index (κ3) is 2.56. The number of carbonyl (C=O) groups is 1. The Hall–Kier alpha value is -2.16. The number of aromatic nitrogens is 1. The van der Waals surface area contributed by atoms with E-state index in [1.807, 2.05) is 44.2 Å². The summed E-state index contributed by atoms with van der Waals surface area (Å²) in [5, 5.41) is 0. The summed E-state index contributed by atoms with van der Waals surface area (Å²) >= 11 is 0. The predicted octanol–water partition coefficient (Wildman–Crippen LogP) is 3.09. The molecular weight excluding hydrogens is 226 g/mol. The standard InChI is InChI=1S/C15H15NO2/c1-11-8-16-12(2)15(14(11)9-17)18-10-13-6-4-3-5-7-13/h3-9H,10H2,1-2H3. The molecule has 3 nitrogen and oxygen atoms in total. The molecule has 92 valence electrons. The van der Waals surface area contributed by atoms with Crippen molar-refractivity contribution in [1.82, 2.24) is 4.98 Å². The zero-order valence-electron chi connectivity index (χ0n) is 10.5. The summed E-state index contributed by atoms with van der Waals surface area (Å²) < 4.78 is 5.73. The van der Waals surface area contributed by atoms with E-state index in [0.29, 0.717) is 17.9 Å². The summed E-state index contributed by atoms with van der Waals surface area (Å²) in [7, 11) is 0. The number of ether oxygens (including phenoxy) is 1. The van der Waals surface area contributed by atoms with E-state index >= 15 is 0 Å². The highest BCUT2D eigenvalue weighted by atomic mass is 16.5. The van der Waals surface area contributed by atoms with Gasteiger partial charge in [0.1, 0.15) is 6.61 Å². The van der Waals surface area contributed by atoms with Gasteiger partial charge < -0.3 is 4.74 Å². The van der Waals surface area contributed by atoms with Crippen LogP contribution in [0.3, 0.4) is 0 Å². The zero-order valence-corrected chi connectivity index (χ0v) is 10.5. The van der Waals surface area contributed by atoms with Crippen LogP contribution in [-0.2, 0) is 6.61 Å². The first-order valence-electron chi connectivity index (χ1n) is 5.80. The Balaban J connectivity index is 2.24. The van der Waals surface area contributed by atoms with Gasteiger partial charge in [-0.2, -0.15) is 0 Å². The molecule has 0 aliphatic carbocycles. The monoisotopic (exact) mass is 241 g/mol. The van der Waals surface area contributed by atoms with Gasteiger partial charge in [-0.25, -0.2) is 0 Å². The average molecular weight is 241 g/mol. The van der Waals surface area contributed by atoms with E-state index in [4.69, 9.17) is 4.74 Å². The van der Waals surface area contributed by atoms with Crippen LogP contribution < -0.4 is 4.74 Å². The van der Waals surface area contributed by atoms with Gasteiger partial charge in [-0.05, 0) is 25.0 Å². The lowest BCUT2D eigenvalue weighted by Gasteiger charge is -2.12. The van der Waals surface area contributed by atoms with Crippen LogP contribution in [0.5, 0.6) is 5.75 Å². The van der Waals surface area contributed by atoms with Crippen LogP contribution >= 0.6 is 0 Å². The van der Waals surface area contributed by atoms with E-state index in [9.17, 15) is 4.79 Å². The maximum atomic E-state index is 11.1. The minimum Gasteiger partial charge on any atom is -0.486 e. The molecule has 1 aromatic carbocycles. The van der Waals surface area contributed by atoms with E-state index in [0.717, 1.165) is 23.1 Å². The first-order chi connectivity index (χ1) is 8.72. The fourth-order valence-electron chi connectivity index (χ4n) is 1.75. The Bertz CT molecular complexity index is 550. The van der Waals surface area contributed by atoms with Crippen LogP contribution in [0.1, 0.15) is 27.2 Å². The number of benzene rings is 1. The zero-order chi connectivity index (χ0) is 13.0. The van der Waals surface area contributed by atoms with Gasteiger partial charge in [0.25, 0.3) is 0 Å². The molecule has 0 saturated carbocycles. The van der Waals surface area contributed by atoms with E-state index in [-0.39, 0.29) is 0 Å². The van der Waals surface area contributed by atoms with Gasteiger partial charge in [-0.1, -0.05) is 30.3 Å². The Morgan fingerprint density at radius 2 is 1.94 bits per heavy atom. The fourth-order valence-corrected chi connectivity index (χ4v) is 1.75. The maximum absolute atomic E-state index is 11.1. The van der Waals surface area contributed by atoms with Crippen molar-refractivity contribution in [2.75, 3.05) is 0 Å². The molecule has 1 aromatic heterocycles. The largest absolute Gasteiger partial charge is 0.486 e. The molecular formula is C15H15NO2. The van der Waals surface area contributed by atoms with Crippen LogP contribution in [0.2, 0.25) is 0 Å². The number of nitrogens with zero attached hydrogens (tertiary/aromatic N) is 1. The fraction of sp³-hybridized carbons (Fsp3) is 0.200. The van der Waals surface area contributed by atoms with Gasteiger partial charge in [0.15, 0.2) is 12.0 Å². The molecule has 2 rings (SSSR count). The Kier molecular flexibility index (Phi) is 3.72. The second-order valence-electron chi connectivity index (χ2n) is 4.16. The summed E-state index contributed by atoms with van der Waals surface area (Å²) in [4.78, 5) is 15.3. The quantitative estimate of drug-likeness (QED) is 0.772. The lowest BCUT2D eigenvalue weighted by atomic mass is 10.1. The molecule has 0 radical (unpaired) electrons. The number of carbonyl (C=O) groups excluding carboxylic acids is 1. The molecule has 0 atom stereocenters. The molecule has 18 heavy (non-hydrogen) atoms. The van der Waals surface area contributed by atoms with E-state index < -0.39 is 0 Å². The van der Waals surface area contributed by atoms with E-state index in [1.54, 1.807) is 6.20 Å². The molecule has 0 saturated heterocycles. The molecule has 0 fully saturated rings. The van der Waals surface area contributed by atoms with Crippen molar-refractivity contribution in [1.29, 1.82) is 0 Å². The topological polar surface area (TPSA) is 39.2 Å². The molecule has 2 aromatic rings. The van der Waals surface area contributed by atoms with Crippen molar-refractivity contribution in [3.8, 4) is 5.75 Å². The second kappa shape index (κ2) is 5.45. The van der Waals surface area contributed by atoms with Crippen LogP contribution in [0.4, 0.5) is 0 Å². The number of pyridine rings is 1. The Morgan fingerprint density at radius 3 is 2.61 bits per heavy atom. The minimum atomic E-state index is 0.438.